The number of carbonyl (C=O) groups excluding carboxylic acids is 1. The summed E-state index contributed by atoms with van der Waals surface area (Å²) in [5.74, 6) is -0.588. The zero-order valence-electron chi connectivity index (χ0n) is 11.9. The summed E-state index contributed by atoms with van der Waals surface area (Å²) in [7, 11) is 1.61. The van der Waals surface area contributed by atoms with Gasteiger partial charge < -0.3 is 14.0 Å². The number of carbonyl (C=O) groups is 1. The molecule has 0 N–H and O–H groups in total. The molecule has 2 aromatic rings. The van der Waals surface area contributed by atoms with Crippen LogP contribution in [-0.2, 0) is 16.0 Å². The fourth-order valence-electron chi connectivity index (χ4n) is 2.10. The summed E-state index contributed by atoms with van der Waals surface area (Å²) in [5, 5.41) is 0.517. The number of halogens is 1. The minimum absolute atomic E-state index is 0.0578. The minimum atomic E-state index is -0.588. The largest absolute Gasteiger partial charge is 0.462 e. The zero-order valence-corrected chi connectivity index (χ0v) is 14.0. The van der Waals surface area contributed by atoms with Gasteiger partial charge in [-0.2, -0.15) is 0 Å². The van der Waals surface area contributed by atoms with E-state index in [0.717, 1.165) is 9.09 Å². The molecule has 0 atom stereocenters. The van der Waals surface area contributed by atoms with E-state index in [9.17, 15) is 9.59 Å². The number of esters is 1. The van der Waals surface area contributed by atoms with Crippen LogP contribution in [-0.4, -0.2) is 30.9 Å². The first-order valence-corrected chi connectivity index (χ1v) is 7.65. The summed E-state index contributed by atoms with van der Waals surface area (Å²) >= 11 is 2.14. The number of hydrogen-bond acceptors (Lipinski definition) is 4. The van der Waals surface area contributed by atoms with Gasteiger partial charge in [-0.3, -0.25) is 4.79 Å². The second kappa shape index (κ2) is 7.04. The third-order valence-electron chi connectivity index (χ3n) is 3.07. The Morgan fingerprint density at radius 3 is 2.81 bits per heavy atom. The van der Waals surface area contributed by atoms with Crippen LogP contribution >= 0.6 is 22.6 Å². The zero-order chi connectivity index (χ0) is 15.4. The van der Waals surface area contributed by atoms with Crippen molar-refractivity contribution in [2.24, 2.45) is 0 Å². The van der Waals surface area contributed by atoms with Crippen molar-refractivity contribution in [2.45, 2.75) is 13.5 Å². The second-order valence-electron chi connectivity index (χ2n) is 4.44. The number of aromatic nitrogens is 1. The number of pyridine rings is 1. The Labute approximate surface area is 136 Å². The molecule has 1 heterocycles. The van der Waals surface area contributed by atoms with Crippen molar-refractivity contribution >= 4 is 39.5 Å². The van der Waals surface area contributed by atoms with Crippen LogP contribution in [0.4, 0.5) is 0 Å². The summed E-state index contributed by atoms with van der Waals surface area (Å²) in [4.78, 5) is 24.4. The lowest BCUT2D eigenvalue weighted by molar-refractivity contribution is 0.0524. The average Bonchev–Trinajstić information content (AvgIpc) is 2.47. The molecule has 1 aromatic carbocycles. The van der Waals surface area contributed by atoms with Gasteiger partial charge >= 0.3 is 5.97 Å². The Balaban J connectivity index is 2.67. The van der Waals surface area contributed by atoms with E-state index in [1.165, 1.54) is 0 Å². The molecule has 0 spiro atoms. The van der Waals surface area contributed by atoms with Gasteiger partial charge in [0.05, 0.1) is 18.7 Å². The Hall–Kier alpha value is -1.41. The lowest BCUT2D eigenvalue weighted by Gasteiger charge is -2.13. The average molecular weight is 401 g/mol. The maximum absolute atomic E-state index is 12.5. The van der Waals surface area contributed by atoms with E-state index in [0.29, 0.717) is 18.5 Å². The van der Waals surface area contributed by atoms with E-state index >= 15 is 0 Å². The molecule has 0 saturated heterocycles. The van der Waals surface area contributed by atoms with Gasteiger partial charge in [-0.25, -0.2) is 4.79 Å². The van der Waals surface area contributed by atoms with E-state index in [-0.39, 0.29) is 17.6 Å². The Kier molecular flexibility index (Phi) is 5.35. The Morgan fingerprint density at radius 2 is 2.14 bits per heavy atom. The van der Waals surface area contributed by atoms with Gasteiger partial charge in [0.25, 0.3) is 0 Å². The fraction of sp³-hybridized carbons (Fsp3) is 0.333. The quantitative estimate of drug-likeness (QED) is 0.571. The van der Waals surface area contributed by atoms with Crippen LogP contribution < -0.4 is 5.43 Å². The van der Waals surface area contributed by atoms with Crippen LogP contribution in [0.3, 0.4) is 0 Å². The lowest BCUT2D eigenvalue weighted by Crippen LogP contribution is -2.21. The number of hydrogen-bond donors (Lipinski definition) is 0. The molecule has 0 saturated carbocycles. The van der Waals surface area contributed by atoms with Crippen LogP contribution in [0.5, 0.6) is 0 Å². The highest BCUT2D eigenvalue weighted by Gasteiger charge is 2.16. The fourth-order valence-corrected chi connectivity index (χ4v) is 2.59. The smallest absolute Gasteiger partial charge is 0.343 e. The number of ether oxygens (including phenoxy) is 2. The molecule has 0 aliphatic carbocycles. The van der Waals surface area contributed by atoms with Gasteiger partial charge in [-0.1, -0.05) is 0 Å². The summed E-state index contributed by atoms with van der Waals surface area (Å²) in [5.41, 5.74) is 0.545. The number of fused-ring (bicyclic) bond motifs is 1. The normalized spacial score (nSPS) is 10.8. The van der Waals surface area contributed by atoms with Gasteiger partial charge in [0, 0.05) is 28.8 Å². The molecule has 0 unspecified atom stereocenters. The number of nitrogens with zero attached hydrogens (tertiary/aromatic N) is 1. The van der Waals surface area contributed by atoms with Gasteiger partial charge in [0.2, 0.25) is 5.43 Å². The van der Waals surface area contributed by atoms with Gasteiger partial charge in [0.1, 0.15) is 5.56 Å². The monoisotopic (exact) mass is 401 g/mol. The van der Waals surface area contributed by atoms with E-state index in [2.05, 4.69) is 22.6 Å². The topological polar surface area (TPSA) is 57.5 Å². The molecule has 0 aliphatic heterocycles. The predicted octanol–water partition coefficient (Wildman–Crippen LogP) is 2.43. The van der Waals surface area contributed by atoms with Gasteiger partial charge in [0.15, 0.2) is 0 Å². The minimum Gasteiger partial charge on any atom is -0.462 e. The first-order chi connectivity index (χ1) is 10.1. The maximum Gasteiger partial charge on any atom is 0.343 e. The maximum atomic E-state index is 12.5. The van der Waals surface area contributed by atoms with Gasteiger partial charge in [-0.15, -0.1) is 0 Å². The highest BCUT2D eigenvalue weighted by atomic mass is 127. The summed E-state index contributed by atoms with van der Waals surface area (Å²) < 4.78 is 12.8. The van der Waals surface area contributed by atoms with Crippen molar-refractivity contribution in [2.75, 3.05) is 20.3 Å². The molecule has 112 valence electrons. The molecule has 5 nitrogen and oxygen atoms in total. The predicted molar refractivity (Wildman–Crippen MR) is 88.8 cm³/mol. The molecule has 0 aliphatic rings. The summed E-state index contributed by atoms with van der Waals surface area (Å²) in [6, 6.07) is 5.59. The molecule has 2 rings (SSSR count). The SMILES string of the molecule is CCOC(=O)c1cn(CCOC)c2ccc(I)cc2c1=O. The molecule has 0 radical (unpaired) electrons. The molecule has 0 fully saturated rings. The van der Waals surface area contributed by atoms with E-state index in [1.54, 1.807) is 26.3 Å². The van der Waals surface area contributed by atoms with E-state index in [4.69, 9.17) is 9.47 Å². The molecule has 0 amide bonds. The third-order valence-corrected chi connectivity index (χ3v) is 3.74. The van der Waals surface area contributed by atoms with E-state index in [1.807, 2.05) is 16.7 Å². The highest BCUT2D eigenvalue weighted by Crippen LogP contribution is 2.16. The first kappa shape index (κ1) is 16.0. The molecule has 21 heavy (non-hydrogen) atoms. The van der Waals surface area contributed by atoms with Crippen molar-refractivity contribution in [3.8, 4) is 0 Å². The van der Waals surface area contributed by atoms with Crippen LogP contribution in [0.25, 0.3) is 10.9 Å². The first-order valence-electron chi connectivity index (χ1n) is 6.57. The number of methoxy groups -OCH3 is 1. The van der Waals surface area contributed by atoms with Crippen molar-refractivity contribution in [3.63, 3.8) is 0 Å². The van der Waals surface area contributed by atoms with Crippen LogP contribution in [0, 0.1) is 3.57 Å². The van der Waals surface area contributed by atoms with Crippen LogP contribution in [0.15, 0.2) is 29.2 Å². The molecule has 1 aromatic heterocycles. The van der Waals surface area contributed by atoms with Gasteiger partial charge in [-0.05, 0) is 47.7 Å². The molecule has 0 bridgehead atoms. The standard InChI is InChI=1S/C15H16INO4/c1-3-21-15(19)12-9-17(6-7-20-2)13-5-4-10(16)8-11(13)14(12)18/h4-5,8-9H,3,6-7H2,1-2H3. The number of rotatable bonds is 5. The van der Waals surface area contributed by atoms with Crippen LogP contribution in [0.1, 0.15) is 17.3 Å². The Bertz CT molecular complexity index is 723. The van der Waals surface area contributed by atoms with Crippen LogP contribution in [0.2, 0.25) is 0 Å². The summed E-state index contributed by atoms with van der Waals surface area (Å²) in [6.45, 7) is 3.00. The van der Waals surface area contributed by atoms with Crippen molar-refractivity contribution < 1.29 is 14.3 Å². The molecular weight excluding hydrogens is 385 g/mol. The van der Waals surface area contributed by atoms with Crippen molar-refractivity contribution in [3.05, 3.63) is 43.8 Å². The van der Waals surface area contributed by atoms with Crippen molar-refractivity contribution in [1.82, 2.24) is 4.57 Å². The second-order valence-corrected chi connectivity index (χ2v) is 5.69. The van der Waals surface area contributed by atoms with Crippen molar-refractivity contribution in [1.29, 1.82) is 0 Å². The highest BCUT2D eigenvalue weighted by molar-refractivity contribution is 14.1. The van der Waals surface area contributed by atoms with E-state index < -0.39 is 5.97 Å². The third kappa shape index (κ3) is 3.44. The Morgan fingerprint density at radius 1 is 1.38 bits per heavy atom. The number of benzene rings is 1. The lowest BCUT2D eigenvalue weighted by atomic mass is 10.1. The molecular formula is C15H16INO4. The molecule has 6 heteroatoms. The summed E-state index contributed by atoms with van der Waals surface area (Å²) in [6.07, 6.45) is 1.55.